The van der Waals surface area contributed by atoms with Gasteiger partial charge in [0.25, 0.3) is 0 Å². The molecule has 2 atom stereocenters. The summed E-state index contributed by atoms with van der Waals surface area (Å²) < 4.78 is 0. The molecule has 3 N–H and O–H groups in total. The monoisotopic (exact) mass is 297 g/mol. The fourth-order valence-corrected chi connectivity index (χ4v) is 3.05. The maximum Gasteiger partial charge on any atom is 0.0944 e. The minimum absolute atomic E-state index is 0.124. The van der Waals surface area contributed by atoms with Crippen LogP contribution < -0.4 is 11.3 Å². The van der Waals surface area contributed by atoms with Crippen LogP contribution in [-0.2, 0) is 11.8 Å². The largest absolute Gasteiger partial charge is 0.271 e. The number of nitrogens with zero attached hydrogens (tertiary/aromatic N) is 1. The van der Waals surface area contributed by atoms with Crippen molar-refractivity contribution in [3.63, 3.8) is 0 Å². The molecule has 0 spiro atoms. The van der Waals surface area contributed by atoms with Crippen molar-refractivity contribution in [3.05, 3.63) is 16.1 Å². The third-order valence-corrected chi connectivity index (χ3v) is 4.96. The van der Waals surface area contributed by atoms with Gasteiger partial charge in [-0.2, -0.15) is 0 Å². The highest BCUT2D eigenvalue weighted by atomic mass is 32.1. The van der Waals surface area contributed by atoms with Crippen LogP contribution in [0.5, 0.6) is 0 Å². The van der Waals surface area contributed by atoms with Crippen molar-refractivity contribution < 1.29 is 0 Å². The normalized spacial score (nSPS) is 16.2. The Labute approximate surface area is 128 Å². The number of rotatable bonds is 5. The summed E-state index contributed by atoms with van der Waals surface area (Å²) in [4.78, 5) is 4.76. The Morgan fingerprint density at radius 1 is 1.25 bits per heavy atom. The van der Waals surface area contributed by atoms with Gasteiger partial charge in [0.15, 0.2) is 0 Å². The first-order valence-corrected chi connectivity index (χ1v) is 8.33. The quantitative estimate of drug-likeness (QED) is 0.640. The molecule has 0 aliphatic heterocycles. The van der Waals surface area contributed by atoms with Gasteiger partial charge in [0, 0.05) is 23.3 Å². The third-order valence-electron chi connectivity index (χ3n) is 4.09. The van der Waals surface area contributed by atoms with Crippen LogP contribution in [0.3, 0.4) is 0 Å². The van der Waals surface area contributed by atoms with Crippen LogP contribution in [0.1, 0.15) is 65.6 Å². The number of nitrogens with two attached hydrogens (primary N) is 1. The highest BCUT2D eigenvalue weighted by Gasteiger charge is 2.24. The van der Waals surface area contributed by atoms with Gasteiger partial charge in [-0.25, -0.2) is 4.98 Å². The van der Waals surface area contributed by atoms with Crippen LogP contribution in [0, 0.1) is 11.3 Å². The zero-order valence-corrected chi connectivity index (χ0v) is 14.9. The number of nitrogens with one attached hydrogen (secondary N) is 1. The van der Waals surface area contributed by atoms with Crippen LogP contribution in [0.2, 0.25) is 0 Å². The lowest BCUT2D eigenvalue weighted by Crippen LogP contribution is -2.39. The lowest BCUT2D eigenvalue weighted by Gasteiger charge is -2.30. The maximum absolute atomic E-state index is 5.73. The second kappa shape index (κ2) is 6.54. The van der Waals surface area contributed by atoms with Crippen LogP contribution in [0.25, 0.3) is 0 Å². The Bertz CT molecular complexity index is 412. The van der Waals surface area contributed by atoms with Crippen LogP contribution in [-0.4, -0.2) is 11.0 Å². The zero-order valence-electron chi connectivity index (χ0n) is 14.1. The second-order valence-electron chi connectivity index (χ2n) is 7.95. The van der Waals surface area contributed by atoms with Crippen molar-refractivity contribution in [2.75, 3.05) is 0 Å². The molecule has 116 valence electrons. The average Bonchev–Trinajstić information content (AvgIpc) is 2.74. The van der Waals surface area contributed by atoms with Crippen molar-refractivity contribution in [2.45, 2.75) is 72.8 Å². The Kier molecular flexibility index (Phi) is 5.76. The molecule has 1 aromatic heterocycles. The Hall–Kier alpha value is -0.450. The van der Waals surface area contributed by atoms with Gasteiger partial charge < -0.3 is 0 Å². The summed E-state index contributed by atoms with van der Waals surface area (Å²) in [6, 6.07) is 0.295. The minimum Gasteiger partial charge on any atom is -0.271 e. The highest BCUT2D eigenvalue weighted by molar-refractivity contribution is 7.09. The molecule has 0 aliphatic rings. The molecule has 0 aromatic carbocycles. The van der Waals surface area contributed by atoms with E-state index in [1.165, 1.54) is 10.7 Å². The summed E-state index contributed by atoms with van der Waals surface area (Å²) in [6.07, 6.45) is 1.99. The maximum atomic E-state index is 5.73. The van der Waals surface area contributed by atoms with Gasteiger partial charge in [0.1, 0.15) is 0 Å². The van der Waals surface area contributed by atoms with Crippen molar-refractivity contribution in [2.24, 2.45) is 17.2 Å². The molecule has 0 bridgehead atoms. The van der Waals surface area contributed by atoms with E-state index in [9.17, 15) is 0 Å². The topological polar surface area (TPSA) is 50.9 Å². The van der Waals surface area contributed by atoms with Crippen molar-refractivity contribution in [3.8, 4) is 0 Å². The average molecular weight is 298 g/mol. The first-order chi connectivity index (χ1) is 9.04. The molecule has 1 rings (SSSR count). The number of hydrogen-bond donors (Lipinski definition) is 2. The van der Waals surface area contributed by atoms with Crippen molar-refractivity contribution in [1.82, 2.24) is 10.4 Å². The molecule has 1 aromatic rings. The third kappa shape index (κ3) is 5.15. The number of thiazole rings is 1. The molecule has 0 saturated carbocycles. The number of hydrazine groups is 1. The molecule has 0 amide bonds. The van der Waals surface area contributed by atoms with Gasteiger partial charge in [-0.15, -0.1) is 11.3 Å². The van der Waals surface area contributed by atoms with Gasteiger partial charge in [-0.05, 0) is 17.8 Å². The Morgan fingerprint density at radius 3 is 2.25 bits per heavy atom. The van der Waals surface area contributed by atoms with E-state index in [2.05, 4.69) is 59.3 Å². The number of hydrogen-bond acceptors (Lipinski definition) is 4. The summed E-state index contributed by atoms with van der Waals surface area (Å²) in [7, 11) is 0. The van der Waals surface area contributed by atoms with Crippen molar-refractivity contribution >= 4 is 11.3 Å². The van der Waals surface area contributed by atoms with E-state index in [1.807, 2.05) is 0 Å². The molecule has 20 heavy (non-hydrogen) atoms. The fraction of sp³-hybridized carbons (Fsp3) is 0.812. The first kappa shape index (κ1) is 17.6. The van der Waals surface area contributed by atoms with E-state index in [1.54, 1.807) is 11.3 Å². The predicted molar refractivity (Wildman–Crippen MR) is 88.9 cm³/mol. The van der Waals surface area contributed by atoms with Crippen molar-refractivity contribution in [1.29, 1.82) is 0 Å². The summed E-state index contributed by atoms with van der Waals surface area (Å²) >= 11 is 1.75. The molecule has 0 aliphatic carbocycles. The lowest BCUT2D eigenvalue weighted by molar-refractivity contribution is 0.222. The molecule has 1 heterocycles. The van der Waals surface area contributed by atoms with Gasteiger partial charge in [0.05, 0.1) is 10.7 Å². The van der Waals surface area contributed by atoms with E-state index < -0.39 is 0 Å². The lowest BCUT2D eigenvalue weighted by atomic mass is 9.78. The molecule has 3 nitrogen and oxygen atoms in total. The standard InChI is InChI=1S/C16H31N3S/c1-11(15(2,3)4)8-12(19-17)9-14-18-13(10-20-14)16(5,6)7/h10-12,19H,8-9,17H2,1-7H3. The van der Waals surface area contributed by atoms with Crippen LogP contribution in [0.4, 0.5) is 0 Å². The van der Waals surface area contributed by atoms with Crippen LogP contribution in [0.15, 0.2) is 5.38 Å². The fourth-order valence-electron chi connectivity index (χ4n) is 1.95. The molecular formula is C16H31N3S. The van der Waals surface area contributed by atoms with Gasteiger partial charge in [0.2, 0.25) is 0 Å². The molecule has 2 unspecified atom stereocenters. The molecular weight excluding hydrogens is 266 g/mol. The highest BCUT2D eigenvalue weighted by Crippen LogP contribution is 2.30. The summed E-state index contributed by atoms with van der Waals surface area (Å²) in [5, 5.41) is 3.36. The van der Waals surface area contributed by atoms with E-state index in [0.29, 0.717) is 17.4 Å². The Balaban J connectivity index is 2.67. The smallest absolute Gasteiger partial charge is 0.0944 e. The van der Waals surface area contributed by atoms with E-state index in [0.717, 1.165) is 12.8 Å². The van der Waals surface area contributed by atoms with E-state index in [-0.39, 0.29) is 5.41 Å². The molecule has 0 radical (unpaired) electrons. The molecule has 0 saturated heterocycles. The van der Waals surface area contributed by atoms with E-state index in [4.69, 9.17) is 10.8 Å². The van der Waals surface area contributed by atoms with Gasteiger partial charge in [-0.1, -0.05) is 48.5 Å². The second-order valence-corrected chi connectivity index (χ2v) is 8.89. The van der Waals surface area contributed by atoms with E-state index >= 15 is 0 Å². The zero-order chi connectivity index (χ0) is 15.6. The Morgan fingerprint density at radius 2 is 1.85 bits per heavy atom. The molecule has 0 fully saturated rings. The van der Waals surface area contributed by atoms with Crippen LogP contribution >= 0.6 is 11.3 Å². The summed E-state index contributed by atoms with van der Waals surface area (Å²) in [5.41, 5.74) is 4.58. The summed E-state index contributed by atoms with van der Waals surface area (Å²) in [5.74, 6) is 6.35. The molecule has 4 heteroatoms. The minimum atomic E-state index is 0.124. The van der Waals surface area contributed by atoms with Gasteiger partial charge >= 0.3 is 0 Å². The number of aromatic nitrogens is 1. The summed E-state index contributed by atoms with van der Waals surface area (Å²) in [6.45, 7) is 15.8. The van der Waals surface area contributed by atoms with Gasteiger partial charge in [-0.3, -0.25) is 11.3 Å². The first-order valence-electron chi connectivity index (χ1n) is 7.45. The predicted octanol–water partition coefficient (Wildman–Crippen LogP) is 3.89. The SMILES string of the molecule is CC(CC(Cc1nc(C(C)(C)C)cs1)NN)C(C)(C)C.